The second-order valence-electron chi connectivity index (χ2n) is 6.22. The Labute approximate surface area is 128 Å². The highest BCUT2D eigenvalue weighted by Crippen LogP contribution is 2.56. The van der Waals surface area contributed by atoms with Crippen LogP contribution in [0.4, 0.5) is 0 Å². The minimum Gasteiger partial charge on any atom is -0.348 e. The summed E-state index contributed by atoms with van der Waals surface area (Å²) in [5.41, 5.74) is 4.44. The number of ether oxygens (including phenoxy) is 2. The van der Waals surface area contributed by atoms with Gasteiger partial charge < -0.3 is 9.47 Å². The van der Waals surface area contributed by atoms with Crippen molar-refractivity contribution in [3.05, 3.63) is 39.4 Å². The van der Waals surface area contributed by atoms with Gasteiger partial charge in [0, 0.05) is 22.7 Å². The van der Waals surface area contributed by atoms with Crippen molar-refractivity contribution in [1.29, 1.82) is 0 Å². The third-order valence-electron chi connectivity index (χ3n) is 5.20. The number of allylic oxidation sites excluding steroid dienone is 1. The molecule has 1 saturated carbocycles. The molecule has 20 heavy (non-hydrogen) atoms. The van der Waals surface area contributed by atoms with E-state index in [4.69, 9.17) is 9.47 Å². The third kappa shape index (κ3) is 1.69. The molecular formula is C17H19BrO2. The zero-order valence-electron chi connectivity index (χ0n) is 11.7. The molecule has 1 aromatic rings. The quantitative estimate of drug-likeness (QED) is 0.704. The van der Waals surface area contributed by atoms with E-state index in [0.717, 1.165) is 38.9 Å². The third-order valence-corrected chi connectivity index (χ3v) is 6.19. The number of halogens is 1. The largest absolute Gasteiger partial charge is 0.348 e. The van der Waals surface area contributed by atoms with E-state index in [2.05, 4.69) is 47.1 Å². The highest BCUT2D eigenvalue weighted by atomic mass is 79.9. The van der Waals surface area contributed by atoms with Crippen LogP contribution in [-0.2, 0) is 14.9 Å². The van der Waals surface area contributed by atoms with Crippen molar-refractivity contribution in [2.24, 2.45) is 0 Å². The lowest BCUT2D eigenvalue weighted by atomic mass is 9.68. The Morgan fingerprint density at radius 3 is 2.45 bits per heavy atom. The Morgan fingerprint density at radius 2 is 1.75 bits per heavy atom. The Balaban J connectivity index is 1.72. The fraction of sp³-hybridized carbons (Fsp3) is 0.529. The SMILES string of the molecule is Cc1cccc2c1C1(CCC3(CC1)OCCO3)C(Br)=C2. The van der Waals surface area contributed by atoms with E-state index in [0.29, 0.717) is 0 Å². The molecule has 2 nitrogen and oxygen atoms in total. The van der Waals surface area contributed by atoms with E-state index in [9.17, 15) is 0 Å². The Kier molecular flexibility index (Phi) is 2.89. The van der Waals surface area contributed by atoms with Crippen LogP contribution < -0.4 is 0 Å². The van der Waals surface area contributed by atoms with Gasteiger partial charge >= 0.3 is 0 Å². The van der Waals surface area contributed by atoms with E-state index < -0.39 is 0 Å². The summed E-state index contributed by atoms with van der Waals surface area (Å²) in [6, 6.07) is 6.61. The van der Waals surface area contributed by atoms with Crippen LogP contribution in [0.1, 0.15) is 42.4 Å². The molecule has 0 bridgehead atoms. The summed E-state index contributed by atoms with van der Waals surface area (Å²) >= 11 is 3.85. The zero-order valence-corrected chi connectivity index (χ0v) is 13.3. The Bertz CT molecular complexity index is 575. The van der Waals surface area contributed by atoms with Gasteiger partial charge in [-0.1, -0.05) is 34.1 Å². The molecule has 1 aliphatic heterocycles. The lowest BCUT2D eigenvalue weighted by Gasteiger charge is -2.43. The van der Waals surface area contributed by atoms with Crippen LogP contribution in [0.2, 0.25) is 0 Å². The summed E-state index contributed by atoms with van der Waals surface area (Å²) in [4.78, 5) is 0. The summed E-state index contributed by atoms with van der Waals surface area (Å²) in [6.07, 6.45) is 6.48. The first kappa shape index (κ1) is 13.1. The molecule has 0 N–H and O–H groups in total. The van der Waals surface area contributed by atoms with Gasteiger partial charge in [-0.15, -0.1) is 0 Å². The highest BCUT2D eigenvalue weighted by Gasteiger charge is 2.50. The predicted molar refractivity (Wildman–Crippen MR) is 82.9 cm³/mol. The van der Waals surface area contributed by atoms with Crippen LogP contribution in [0.3, 0.4) is 0 Å². The summed E-state index contributed by atoms with van der Waals surface area (Å²) in [6.45, 7) is 3.73. The first-order valence-electron chi connectivity index (χ1n) is 7.41. The lowest BCUT2D eigenvalue weighted by Crippen LogP contribution is -2.42. The van der Waals surface area contributed by atoms with E-state index in [1.165, 1.54) is 21.2 Å². The highest BCUT2D eigenvalue weighted by molar-refractivity contribution is 9.11. The number of fused-ring (bicyclic) bond motifs is 2. The van der Waals surface area contributed by atoms with Crippen LogP contribution in [0, 0.1) is 6.92 Å². The lowest BCUT2D eigenvalue weighted by molar-refractivity contribution is -0.182. The molecule has 0 amide bonds. The summed E-state index contributed by atoms with van der Waals surface area (Å²) in [5.74, 6) is -0.288. The maximum Gasteiger partial charge on any atom is 0.168 e. The second kappa shape index (κ2) is 4.43. The minimum atomic E-state index is -0.288. The molecule has 1 saturated heterocycles. The molecule has 4 rings (SSSR count). The van der Waals surface area contributed by atoms with Gasteiger partial charge in [-0.2, -0.15) is 0 Å². The monoisotopic (exact) mass is 334 g/mol. The van der Waals surface area contributed by atoms with Gasteiger partial charge in [0.05, 0.1) is 13.2 Å². The summed E-state index contributed by atoms with van der Waals surface area (Å²) in [5, 5.41) is 0. The number of hydrogen-bond acceptors (Lipinski definition) is 2. The number of benzene rings is 1. The molecule has 2 fully saturated rings. The van der Waals surface area contributed by atoms with E-state index in [1.807, 2.05) is 0 Å². The van der Waals surface area contributed by atoms with Crippen molar-refractivity contribution in [3.8, 4) is 0 Å². The van der Waals surface area contributed by atoms with E-state index >= 15 is 0 Å². The fourth-order valence-electron chi connectivity index (χ4n) is 4.19. The molecule has 1 aromatic carbocycles. The van der Waals surface area contributed by atoms with Gasteiger partial charge in [-0.25, -0.2) is 0 Å². The van der Waals surface area contributed by atoms with Gasteiger partial charge in [0.15, 0.2) is 5.79 Å². The maximum absolute atomic E-state index is 5.88. The molecule has 0 aromatic heterocycles. The van der Waals surface area contributed by atoms with Crippen molar-refractivity contribution in [3.63, 3.8) is 0 Å². The van der Waals surface area contributed by atoms with Gasteiger partial charge in [0.25, 0.3) is 0 Å². The van der Waals surface area contributed by atoms with Crippen molar-refractivity contribution in [2.75, 3.05) is 13.2 Å². The number of hydrogen-bond donors (Lipinski definition) is 0. The van der Waals surface area contributed by atoms with Crippen LogP contribution in [-0.4, -0.2) is 19.0 Å². The zero-order chi connectivity index (χ0) is 13.8. The molecule has 2 spiro atoms. The smallest absolute Gasteiger partial charge is 0.168 e. The van der Waals surface area contributed by atoms with Gasteiger partial charge in [0.2, 0.25) is 0 Å². The molecule has 3 aliphatic rings. The molecule has 106 valence electrons. The van der Waals surface area contributed by atoms with Crippen LogP contribution in [0.15, 0.2) is 22.7 Å². The summed E-state index contributed by atoms with van der Waals surface area (Å²) in [7, 11) is 0. The molecule has 0 unspecified atom stereocenters. The summed E-state index contributed by atoms with van der Waals surface area (Å²) < 4.78 is 13.1. The number of rotatable bonds is 0. The van der Waals surface area contributed by atoms with Crippen LogP contribution in [0.5, 0.6) is 0 Å². The van der Waals surface area contributed by atoms with Crippen molar-refractivity contribution < 1.29 is 9.47 Å². The average molecular weight is 335 g/mol. The molecule has 2 aliphatic carbocycles. The standard InChI is InChI=1S/C17H19BrO2/c1-12-3-2-4-13-11-14(18)16(15(12)13)5-7-17(8-6-16)19-9-10-20-17/h2-4,11H,5-10H2,1H3. The topological polar surface area (TPSA) is 18.5 Å². The first-order valence-corrected chi connectivity index (χ1v) is 8.20. The Hall–Kier alpha value is -0.640. The van der Waals surface area contributed by atoms with Crippen molar-refractivity contribution in [1.82, 2.24) is 0 Å². The molecule has 0 atom stereocenters. The van der Waals surface area contributed by atoms with Gasteiger partial charge in [0.1, 0.15) is 0 Å². The second-order valence-corrected chi connectivity index (χ2v) is 7.08. The van der Waals surface area contributed by atoms with Gasteiger partial charge in [-0.3, -0.25) is 0 Å². The maximum atomic E-state index is 5.88. The minimum absolute atomic E-state index is 0.154. The predicted octanol–water partition coefficient (Wildman–Crippen LogP) is 4.30. The van der Waals surface area contributed by atoms with Crippen LogP contribution >= 0.6 is 15.9 Å². The fourth-order valence-corrected chi connectivity index (χ4v) is 5.03. The van der Waals surface area contributed by atoms with E-state index in [-0.39, 0.29) is 11.2 Å². The average Bonchev–Trinajstić information content (AvgIpc) is 2.99. The molecule has 1 heterocycles. The van der Waals surface area contributed by atoms with Crippen molar-refractivity contribution >= 4 is 22.0 Å². The van der Waals surface area contributed by atoms with Crippen molar-refractivity contribution in [2.45, 2.75) is 43.8 Å². The normalized spacial score (nSPS) is 26.0. The van der Waals surface area contributed by atoms with Crippen LogP contribution in [0.25, 0.3) is 6.08 Å². The number of aryl methyl sites for hydroxylation is 1. The Morgan fingerprint density at radius 1 is 1.05 bits per heavy atom. The van der Waals surface area contributed by atoms with E-state index in [1.54, 1.807) is 0 Å². The molecule has 0 radical (unpaired) electrons. The molecule has 3 heteroatoms. The van der Waals surface area contributed by atoms with Gasteiger partial charge in [-0.05, 0) is 42.5 Å². The molecular weight excluding hydrogens is 316 g/mol. The first-order chi connectivity index (χ1) is 9.65.